The molecule has 0 saturated carbocycles. The van der Waals surface area contributed by atoms with Crippen molar-refractivity contribution in [2.24, 2.45) is 0 Å². The molecule has 2 rings (SSSR count). The summed E-state index contributed by atoms with van der Waals surface area (Å²) in [7, 11) is 0. The van der Waals surface area contributed by atoms with Gasteiger partial charge in [0.25, 0.3) is 0 Å². The van der Waals surface area contributed by atoms with E-state index in [4.69, 9.17) is 16.3 Å². The molecule has 3 nitrogen and oxygen atoms in total. The van der Waals surface area contributed by atoms with Gasteiger partial charge in [-0.2, -0.15) is 0 Å². The molecule has 1 aromatic heterocycles. The van der Waals surface area contributed by atoms with Gasteiger partial charge in [0.2, 0.25) is 0 Å². The molecule has 1 unspecified atom stereocenters. The Hall–Kier alpha value is -1.52. The number of thiophene rings is 1. The highest BCUT2D eigenvalue weighted by Gasteiger charge is 2.10. The molecule has 106 valence electrons. The monoisotopic (exact) mass is 309 g/mol. The molecule has 0 radical (unpaired) electrons. The molecule has 1 N–H and O–H groups in total. The first kappa shape index (κ1) is 14.9. The minimum atomic E-state index is -0.303. The van der Waals surface area contributed by atoms with Gasteiger partial charge in [-0.3, -0.25) is 0 Å². The van der Waals surface area contributed by atoms with E-state index in [0.717, 1.165) is 14.9 Å². The Balaban J connectivity index is 2.09. The SMILES string of the molecule is CCOC(=O)c1cccc(NC(C)c2ccc(Cl)s2)c1. The molecule has 0 amide bonds. The normalized spacial score (nSPS) is 11.9. The van der Waals surface area contributed by atoms with Gasteiger partial charge in [0.1, 0.15) is 0 Å². The average Bonchev–Trinajstić information content (AvgIpc) is 2.86. The van der Waals surface area contributed by atoms with E-state index in [2.05, 4.69) is 12.2 Å². The fourth-order valence-corrected chi connectivity index (χ4v) is 2.90. The second kappa shape index (κ2) is 6.77. The predicted molar refractivity (Wildman–Crippen MR) is 83.8 cm³/mol. The van der Waals surface area contributed by atoms with Crippen LogP contribution in [0.15, 0.2) is 36.4 Å². The van der Waals surface area contributed by atoms with E-state index in [1.165, 1.54) is 0 Å². The number of benzene rings is 1. The van der Waals surface area contributed by atoms with Crippen LogP contribution in [-0.4, -0.2) is 12.6 Å². The number of hydrogen-bond acceptors (Lipinski definition) is 4. The molecule has 0 bridgehead atoms. The van der Waals surface area contributed by atoms with Gasteiger partial charge in [0, 0.05) is 10.6 Å². The minimum absolute atomic E-state index is 0.130. The number of hydrogen-bond donors (Lipinski definition) is 1. The summed E-state index contributed by atoms with van der Waals surface area (Å²) in [6.45, 7) is 4.22. The van der Waals surface area contributed by atoms with Crippen molar-refractivity contribution in [2.75, 3.05) is 11.9 Å². The molecule has 0 aliphatic carbocycles. The van der Waals surface area contributed by atoms with E-state index in [0.29, 0.717) is 12.2 Å². The molecule has 0 aliphatic rings. The van der Waals surface area contributed by atoms with Crippen molar-refractivity contribution in [3.63, 3.8) is 0 Å². The molecule has 0 fully saturated rings. The molecular weight excluding hydrogens is 294 g/mol. The van der Waals surface area contributed by atoms with Crippen molar-refractivity contribution in [3.8, 4) is 0 Å². The number of esters is 1. The lowest BCUT2D eigenvalue weighted by atomic mass is 10.2. The number of rotatable bonds is 5. The lowest BCUT2D eigenvalue weighted by Gasteiger charge is -2.14. The topological polar surface area (TPSA) is 38.3 Å². The van der Waals surface area contributed by atoms with Gasteiger partial charge < -0.3 is 10.1 Å². The lowest BCUT2D eigenvalue weighted by molar-refractivity contribution is 0.0526. The zero-order valence-electron chi connectivity index (χ0n) is 11.4. The smallest absolute Gasteiger partial charge is 0.338 e. The molecule has 0 saturated heterocycles. The third kappa shape index (κ3) is 3.74. The predicted octanol–water partition coefficient (Wildman–Crippen LogP) is 4.75. The summed E-state index contributed by atoms with van der Waals surface area (Å²) in [5.41, 5.74) is 1.43. The Bertz CT molecular complexity index is 597. The summed E-state index contributed by atoms with van der Waals surface area (Å²) < 4.78 is 5.77. The van der Waals surface area contributed by atoms with Crippen molar-refractivity contribution >= 4 is 34.6 Å². The molecule has 0 spiro atoms. The quantitative estimate of drug-likeness (QED) is 0.810. The first-order valence-electron chi connectivity index (χ1n) is 6.39. The van der Waals surface area contributed by atoms with Crippen molar-refractivity contribution < 1.29 is 9.53 Å². The van der Waals surface area contributed by atoms with Gasteiger partial charge in [-0.25, -0.2) is 4.79 Å². The summed E-state index contributed by atoms with van der Waals surface area (Å²) in [4.78, 5) is 12.8. The molecule has 0 aliphatic heterocycles. The molecule has 2 aromatic rings. The summed E-state index contributed by atoms with van der Waals surface area (Å²) in [5.74, 6) is -0.303. The molecule has 1 aromatic carbocycles. The summed E-state index contributed by atoms with van der Waals surface area (Å²) in [6, 6.07) is 11.3. The average molecular weight is 310 g/mol. The molecule has 20 heavy (non-hydrogen) atoms. The molecule has 1 atom stereocenters. The fraction of sp³-hybridized carbons (Fsp3) is 0.267. The maximum atomic E-state index is 11.7. The van der Waals surface area contributed by atoms with E-state index in [1.807, 2.05) is 24.3 Å². The van der Waals surface area contributed by atoms with Crippen LogP contribution in [0, 0.1) is 0 Å². The lowest BCUT2D eigenvalue weighted by Crippen LogP contribution is -2.08. The van der Waals surface area contributed by atoms with Crippen molar-refractivity contribution in [1.82, 2.24) is 0 Å². The van der Waals surface area contributed by atoms with Gasteiger partial charge in [-0.15, -0.1) is 11.3 Å². The van der Waals surface area contributed by atoms with Gasteiger partial charge in [0.05, 0.1) is 22.5 Å². The van der Waals surface area contributed by atoms with Gasteiger partial charge in [-0.1, -0.05) is 17.7 Å². The zero-order valence-corrected chi connectivity index (χ0v) is 12.9. The van der Waals surface area contributed by atoms with E-state index in [9.17, 15) is 4.79 Å². The fourth-order valence-electron chi connectivity index (χ4n) is 1.83. The summed E-state index contributed by atoms with van der Waals surface area (Å²) in [6.07, 6.45) is 0. The highest BCUT2D eigenvalue weighted by atomic mass is 35.5. The Labute approximate surface area is 127 Å². The Morgan fingerprint density at radius 3 is 2.85 bits per heavy atom. The van der Waals surface area contributed by atoms with Crippen LogP contribution in [0.25, 0.3) is 0 Å². The third-order valence-electron chi connectivity index (χ3n) is 2.78. The third-order valence-corrected chi connectivity index (χ3v) is 4.19. The highest BCUT2D eigenvalue weighted by Crippen LogP contribution is 2.29. The second-order valence-corrected chi connectivity index (χ2v) is 6.06. The minimum Gasteiger partial charge on any atom is -0.462 e. The molecule has 1 heterocycles. The first-order valence-corrected chi connectivity index (χ1v) is 7.58. The largest absolute Gasteiger partial charge is 0.462 e. The van der Waals surface area contributed by atoms with Crippen LogP contribution in [0.5, 0.6) is 0 Å². The number of nitrogens with one attached hydrogen (secondary N) is 1. The van der Waals surface area contributed by atoms with Crippen LogP contribution in [0.1, 0.15) is 35.1 Å². The van der Waals surface area contributed by atoms with Gasteiger partial charge in [-0.05, 0) is 44.2 Å². The van der Waals surface area contributed by atoms with Crippen molar-refractivity contribution in [3.05, 3.63) is 51.2 Å². The van der Waals surface area contributed by atoms with Gasteiger partial charge >= 0.3 is 5.97 Å². The Morgan fingerprint density at radius 2 is 2.20 bits per heavy atom. The van der Waals surface area contributed by atoms with Crippen LogP contribution in [0.2, 0.25) is 4.34 Å². The highest BCUT2D eigenvalue weighted by molar-refractivity contribution is 7.16. The van der Waals surface area contributed by atoms with E-state index >= 15 is 0 Å². The van der Waals surface area contributed by atoms with Crippen LogP contribution in [0.3, 0.4) is 0 Å². The van der Waals surface area contributed by atoms with Crippen molar-refractivity contribution in [2.45, 2.75) is 19.9 Å². The number of ether oxygens (including phenoxy) is 1. The van der Waals surface area contributed by atoms with Crippen LogP contribution in [-0.2, 0) is 4.74 Å². The number of halogens is 1. The molecular formula is C15H16ClNO2S. The van der Waals surface area contributed by atoms with E-state index in [1.54, 1.807) is 30.4 Å². The number of carbonyl (C=O) groups excluding carboxylic acids is 1. The van der Waals surface area contributed by atoms with Crippen LogP contribution < -0.4 is 5.32 Å². The summed E-state index contributed by atoms with van der Waals surface area (Å²) >= 11 is 7.48. The standard InChI is InChI=1S/C15H16ClNO2S/c1-3-19-15(18)11-5-4-6-12(9-11)17-10(2)13-7-8-14(16)20-13/h4-10,17H,3H2,1-2H3. The van der Waals surface area contributed by atoms with E-state index < -0.39 is 0 Å². The second-order valence-electron chi connectivity index (χ2n) is 4.31. The number of anilines is 1. The Kier molecular flexibility index (Phi) is 5.04. The molecule has 5 heteroatoms. The first-order chi connectivity index (χ1) is 9.60. The Morgan fingerprint density at radius 1 is 1.40 bits per heavy atom. The zero-order chi connectivity index (χ0) is 14.5. The van der Waals surface area contributed by atoms with Crippen molar-refractivity contribution in [1.29, 1.82) is 0 Å². The maximum absolute atomic E-state index is 11.7. The maximum Gasteiger partial charge on any atom is 0.338 e. The van der Waals surface area contributed by atoms with Crippen LogP contribution in [0.4, 0.5) is 5.69 Å². The summed E-state index contributed by atoms with van der Waals surface area (Å²) in [5, 5.41) is 3.35. The van der Waals surface area contributed by atoms with Crippen LogP contribution >= 0.6 is 22.9 Å². The van der Waals surface area contributed by atoms with Gasteiger partial charge in [0.15, 0.2) is 0 Å². The van der Waals surface area contributed by atoms with E-state index in [-0.39, 0.29) is 12.0 Å². The number of carbonyl (C=O) groups is 1.